The number of aromatic hydroxyl groups is 1. The van der Waals surface area contributed by atoms with Crippen LogP contribution in [0.2, 0.25) is 0 Å². The molecule has 0 radical (unpaired) electrons. The number of hydrogen-bond donors (Lipinski definition) is 5. The summed E-state index contributed by atoms with van der Waals surface area (Å²) in [7, 11) is 1.45. The van der Waals surface area contributed by atoms with E-state index in [1.807, 2.05) is 0 Å². The van der Waals surface area contributed by atoms with E-state index >= 15 is 0 Å². The molecule has 0 unspecified atom stereocenters. The van der Waals surface area contributed by atoms with E-state index in [0.29, 0.717) is 24.7 Å². The van der Waals surface area contributed by atoms with Crippen molar-refractivity contribution in [3.8, 4) is 11.5 Å². The molecule has 1 fully saturated rings. The van der Waals surface area contributed by atoms with E-state index in [9.17, 15) is 39.6 Å². The second-order valence-electron chi connectivity index (χ2n) is 19.2. The van der Waals surface area contributed by atoms with Crippen molar-refractivity contribution < 1.29 is 53.4 Å². The van der Waals surface area contributed by atoms with Crippen molar-refractivity contribution in [2.45, 2.75) is 99.4 Å². The van der Waals surface area contributed by atoms with Gasteiger partial charge in [-0.05, 0) is 25.8 Å². The lowest BCUT2D eigenvalue weighted by Crippen LogP contribution is -2.47. The van der Waals surface area contributed by atoms with Crippen LogP contribution in [0, 0.1) is 36.5 Å². The number of aliphatic hydroxyl groups excluding tert-OH is 3. The number of rotatable bonds is 5. The van der Waals surface area contributed by atoms with Crippen LogP contribution in [-0.4, -0.2) is 112 Å². The Morgan fingerprint density at radius 2 is 1.65 bits per heavy atom. The van der Waals surface area contributed by atoms with E-state index in [0.717, 1.165) is 19.6 Å². The van der Waals surface area contributed by atoms with Gasteiger partial charge in [-0.1, -0.05) is 59.8 Å². The number of amides is 1. The topological polar surface area (TPSA) is 231 Å². The summed E-state index contributed by atoms with van der Waals surface area (Å²) in [4.78, 5) is 64.7. The third-order valence-electron chi connectivity index (χ3n) is 13.8. The highest BCUT2D eigenvalue weighted by Gasteiger charge is 2.44. The fraction of sp³-hybridized carbons (Fsp3) is 0.510. The molecule has 1 aromatic heterocycles. The Morgan fingerprint density at radius 3 is 2.29 bits per heavy atom. The number of anilines is 2. The number of allylic oxidation sites excluding steroid dienone is 2. The molecule has 17 heteroatoms. The van der Waals surface area contributed by atoms with Crippen molar-refractivity contribution in [3.63, 3.8) is 0 Å². The minimum absolute atomic E-state index is 0.0390. The van der Waals surface area contributed by atoms with Crippen molar-refractivity contribution >= 4 is 62.0 Å². The summed E-state index contributed by atoms with van der Waals surface area (Å²) >= 11 is 0. The SMILES string of the molecule is CO[C@H]1C=CO[C@@]2(C)Oc3c(C)c(O)c4c(=O)c(c5oc6cc(N7CCN(CC(C)C)CC7)cc(=O)c6nc5c4c3=C2O)NC(=O)/C(C)=C\C=C/[C@H](C)[C@H](O)[C@@H](C)[C@@H](O)[C@@H](C)[C@H](OC(C)=O)[C@@H]1C. The number of nitrogens with zero attached hydrogens (tertiary/aromatic N) is 3. The Labute approximate surface area is 394 Å². The molecule has 0 spiro atoms. The molecule has 4 bridgehead atoms. The lowest BCUT2D eigenvalue weighted by molar-refractivity contribution is -0.160. The molecule has 1 amide bonds. The highest BCUT2D eigenvalue weighted by molar-refractivity contribution is 6.16. The number of nitrogens with one attached hydrogen (secondary N) is 1. The van der Waals surface area contributed by atoms with Gasteiger partial charge in [0.15, 0.2) is 22.4 Å². The van der Waals surface area contributed by atoms with Crippen LogP contribution in [0.15, 0.2) is 62.3 Å². The Bertz CT molecular complexity index is 2900. The van der Waals surface area contributed by atoms with Gasteiger partial charge in [-0.3, -0.25) is 24.1 Å². The lowest BCUT2D eigenvalue weighted by Gasteiger charge is -2.38. The fourth-order valence-electron chi connectivity index (χ4n) is 9.76. The third-order valence-corrected chi connectivity index (χ3v) is 13.8. The van der Waals surface area contributed by atoms with Crippen LogP contribution in [0.5, 0.6) is 11.5 Å². The molecule has 0 saturated carbocycles. The van der Waals surface area contributed by atoms with E-state index in [1.165, 1.54) is 59.3 Å². The van der Waals surface area contributed by atoms with Gasteiger partial charge in [-0.25, -0.2) is 4.98 Å². The van der Waals surface area contributed by atoms with Crippen molar-refractivity contribution in [3.05, 3.63) is 79.5 Å². The van der Waals surface area contributed by atoms with Crippen LogP contribution in [0.4, 0.5) is 11.4 Å². The zero-order chi connectivity index (χ0) is 49.7. The molecule has 3 aliphatic heterocycles. The molecule has 366 valence electrons. The van der Waals surface area contributed by atoms with E-state index in [1.54, 1.807) is 45.9 Å². The van der Waals surface area contributed by atoms with Gasteiger partial charge in [-0.2, -0.15) is 0 Å². The van der Waals surface area contributed by atoms with Gasteiger partial charge in [0.05, 0.1) is 35.2 Å². The van der Waals surface area contributed by atoms with E-state index in [-0.39, 0.29) is 60.8 Å². The summed E-state index contributed by atoms with van der Waals surface area (Å²) < 4.78 is 30.5. The number of esters is 1. The number of ether oxygens (including phenoxy) is 4. The standard InChI is InChI=1S/C51H64N4O13/c1-24(2)23-54-16-18-55(19-17-54)32-21-33(57)39-35(22-32)67-48-40(52-39)36-37-44(60)30(8)47-38(36)49(62)51(10,68-47)65-20-15-34(64-11)27(5)46(66-31(9)56)29(7)43(59)28(6)42(58)25(3)13-12-14-26(4)50(63)53-41(48)45(37)61/h12-15,20-22,24-25,27-29,34,42-43,46,58-60,62H,16-19,23H2,1-11H3,(H,53,63)/b13-12-,20-15?,26-14-/t25-,27+,28+,29+,34-,42-,43+,46+,51-/m0/s1. The monoisotopic (exact) mass is 940 g/mol. The first-order valence-corrected chi connectivity index (χ1v) is 23.2. The summed E-state index contributed by atoms with van der Waals surface area (Å²) in [6, 6.07) is 3.16. The van der Waals surface area contributed by atoms with E-state index in [4.69, 9.17) is 28.3 Å². The number of phenolic OH excluding ortho intramolecular Hbond substituents is 1. The molecule has 5 N–H and O–H groups in total. The van der Waals surface area contributed by atoms with Crippen LogP contribution in [-0.2, 0) is 23.8 Å². The maximum Gasteiger partial charge on any atom is 0.307 e. The van der Waals surface area contributed by atoms with Crippen LogP contribution >= 0.6 is 0 Å². The average molecular weight is 941 g/mol. The predicted molar refractivity (Wildman–Crippen MR) is 259 cm³/mol. The molecular formula is C51H64N4O13. The molecule has 4 heterocycles. The molecule has 3 aromatic carbocycles. The number of aliphatic hydroxyl groups is 3. The fourth-order valence-corrected chi connectivity index (χ4v) is 9.76. The minimum atomic E-state index is -1.98. The van der Waals surface area contributed by atoms with Crippen molar-refractivity contribution in [1.82, 2.24) is 9.88 Å². The molecule has 17 nitrogen and oxygen atoms in total. The zero-order valence-corrected chi connectivity index (χ0v) is 40.6. The Kier molecular flexibility index (Phi) is 14.3. The van der Waals surface area contributed by atoms with Gasteiger partial charge in [0.1, 0.15) is 28.8 Å². The number of carbonyl (C=O) groups is 2. The smallest absolute Gasteiger partial charge is 0.307 e. The van der Waals surface area contributed by atoms with Crippen LogP contribution in [0.1, 0.15) is 67.9 Å². The number of carbonyl (C=O) groups excluding carboxylic acids is 2. The molecule has 4 aromatic rings. The number of fused-ring (bicyclic) bond motifs is 2. The van der Waals surface area contributed by atoms with Crippen molar-refractivity contribution in [2.24, 2.45) is 29.6 Å². The van der Waals surface area contributed by atoms with Crippen molar-refractivity contribution in [1.29, 1.82) is 0 Å². The summed E-state index contributed by atoms with van der Waals surface area (Å²) in [5.41, 5.74) is -1.35. The minimum Gasteiger partial charge on any atom is -0.507 e. The van der Waals surface area contributed by atoms with Gasteiger partial charge in [0, 0.05) is 112 Å². The van der Waals surface area contributed by atoms with Crippen molar-refractivity contribution in [2.75, 3.05) is 50.1 Å². The summed E-state index contributed by atoms with van der Waals surface area (Å²) in [5, 5.41) is 49.3. The Hall–Kier alpha value is -6.01. The second-order valence-corrected chi connectivity index (χ2v) is 19.2. The van der Waals surface area contributed by atoms with E-state index < -0.39 is 88.1 Å². The van der Waals surface area contributed by atoms with Gasteiger partial charge >= 0.3 is 11.8 Å². The molecule has 9 atom stereocenters. The number of benzene rings is 3. The number of methoxy groups -OCH3 is 1. The van der Waals surface area contributed by atoms with E-state index in [2.05, 4.69) is 29.0 Å². The number of hydrogen-bond acceptors (Lipinski definition) is 16. The molecule has 68 heavy (non-hydrogen) atoms. The molecule has 1 saturated heterocycles. The molecular weight excluding hydrogens is 877 g/mol. The quantitative estimate of drug-likeness (QED) is 0.0966. The third kappa shape index (κ3) is 9.28. The molecule has 3 aliphatic rings. The highest BCUT2D eigenvalue weighted by atomic mass is 16.7. The first kappa shape index (κ1) is 49.9. The molecule has 0 aliphatic carbocycles. The highest BCUT2D eigenvalue weighted by Crippen LogP contribution is 2.42. The first-order chi connectivity index (χ1) is 32.1. The van der Waals surface area contributed by atoms with Gasteiger partial charge in [0.25, 0.3) is 5.91 Å². The zero-order valence-electron chi connectivity index (χ0n) is 40.6. The molecule has 7 rings (SSSR count). The average Bonchev–Trinajstić information content (AvgIpc) is 3.56. The van der Waals surface area contributed by atoms with Crippen LogP contribution in [0.25, 0.3) is 38.7 Å². The van der Waals surface area contributed by atoms with Gasteiger partial charge in [-0.15, -0.1) is 0 Å². The maximum absolute atomic E-state index is 14.9. The van der Waals surface area contributed by atoms with Crippen LogP contribution in [0.3, 0.4) is 0 Å². The summed E-state index contributed by atoms with van der Waals surface area (Å²) in [6.45, 7) is 20.8. The number of piperazine rings is 1. The Morgan fingerprint density at radius 1 is 0.956 bits per heavy atom. The number of phenols is 1. The largest absolute Gasteiger partial charge is 0.507 e. The Balaban J connectivity index is 1.46. The summed E-state index contributed by atoms with van der Waals surface area (Å²) in [6.07, 6.45) is 3.57. The lowest BCUT2D eigenvalue weighted by atomic mass is 9.78. The predicted octanol–water partition coefficient (Wildman–Crippen LogP) is 5.34. The first-order valence-electron chi connectivity index (χ1n) is 23.2. The maximum atomic E-state index is 14.9. The summed E-state index contributed by atoms with van der Waals surface area (Å²) in [5.74, 6) is -6.43. The number of aromatic nitrogens is 1. The van der Waals surface area contributed by atoms with Gasteiger partial charge in [0.2, 0.25) is 10.9 Å². The van der Waals surface area contributed by atoms with Crippen LogP contribution < -0.4 is 31.0 Å². The normalized spacial score (nSPS) is 29.0. The van der Waals surface area contributed by atoms with Gasteiger partial charge < -0.3 is 54.0 Å². The second kappa shape index (κ2) is 19.5.